The van der Waals surface area contributed by atoms with Gasteiger partial charge in [0.15, 0.2) is 0 Å². The summed E-state index contributed by atoms with van der Waals surface area (Å²) in [6, 6.07) is 0. The van der Waals surface area contributed by atoms with Crippen molar-refractivity contribution in [3.63, 3.8) is 0 Å². The highest BCUT2D eigenvalue weighted by Gasteiger charge is 2.06. The zero-order chi connectivity index (χ0) is 9.97. The van der Waals surface area contributed by atoms with Crippen LogP contribution >= 0.6 is 23.2 Å². The van der Waals surface area contributed by atoms with Gasteiger partial charge in [-0.05, 0) is 36.1 Å². The zero-order valence-corrected chi connectivity index (χ0v) is 9.15. The molecule has 2 rings (SSSR count). The quantitative estimate of drug-likeness (QED) is 0.571. The molecule has 0 heterocycles. The zero-order valence-electron chi connectivity index (χ0n) is 7.63. The molecule has 0 atom stereocenters. The SMILES string of the molecule is ClC1=CCC(=C2C=CC(Cl)=CC2)C=C1. The molecule has 0 saturated carbocycles. The minimum atomic E-state index is 0.822. The van der Waals surface area contributed by atoms with Crippen LogP contribution in [-0.4, -0.2) is 0 Å². The van der Waals surface area contributed by atoms with Crippen LogP contribution in [0.15, 0.2) is 57.7 Å². The lowest BCUT2D eigenvalue weighted by Gasteiger charge is -2.11. The molecule has 0 fully saturated rings. The maximum Gasteiger partial charge on any atom is 0.0369 e. The summed E-state index contributed by atoms with van der Waals surface area (Å²) in [7, 11) is 0. The minimum absolute atomic E-state index is 0.822. The summed E-state index contributed by atoms with van der Waals surface area (Å²) < 4.78 is 0. The van der Waals surface area contributed by atoms with E-state index in [4.69, 9.17) is 23.2 Å². The Morgan fingerprint density at radius 1 is 0.714 bits per heavy atom. The number of halogens is 2. The second-order valence-corrected chi connectivity index (χ2v) is 4.18. The molecule has 0 aromatic carbocycles. The van der Waals surface area contributed by atoms with Crippen LogP contribution in [0.5, 0.6) is 0 Å². The molecule has 0 aromatic heterocycles. The Morgan fingerprint density at radius 2 is 1.14 bits per heavy atom. The van der Waals surface area contributed by atoms with Crippen LogP contribution in [0.2, 0.25) is 0 Å². The van der Waals surface area contributed by atoms with Crippen LogP contribution in [0, 0.1) is 0 Å². The third-order valence-corrected chi connectivity index (χ3v) is 2.89. The average Bonchev–Trinajstić information content (AvgIpc) is 2.21. The molecule has 72 valence electrons. The Balaban J connectivity index is 2.21. The first-order chi connectivity index (χ1) is 6.75. The molecule has 0 spiro atoms. The molecule has 0 aliphatic heterocycles. The molecule has 0 unspecified atom stereocenters. The largest absolute Gasteiger partial charge is 0.0847 e. The molecule has 0 bridgehead atoms. The average molecular weight is 225 g/mol. The van der Waals surface area contributed by atoms with Crippen LogP contribution in [0.3, 0.4) is 0 Å². The van der Waals surface area contributed by atoms with Crippen molar-refractivity contribution in [2.24, 2.45) is 0 Å². The van der Waals surface area contributed by atoms with E-state index >= 15 is 0 Å². The van der Waals surface area contributed by atoms with Crippen LogP contribution in [0.25, 0.3) is 0 Å². The van der Waals surface area contributed by atoms with Gasteiger partial charge in [0.1, 0.15) is 0 Å². The van der Waals surface area contributed by atoms with Crippen molar-refractivity contribution >= 4 is 23.2 Å². The van der Waals surface area contributed by atoms with Crippen molar-refractivity contribution in [1.29, 1.82) is 0 Å². The predicted octanol–water partition coefficient (Wildman–Crippen LogP) is 4.45. The van der Waals surface area contributed by atoms with Crippen molar-refractivity contribution in [2.45, 2.75) is 12.8 Å². The fraction of sp³-hybridized carbons (Fsp3) is 0.167. The lowest BCUT2D eigenvalue weighted by atomic mass is 9.96. The lowest BCUT2D eigenvalue weighted by molar-refractivity contribution is 1.14. The van der Waals surface area contributed by atoms with E-state index in [-0.39, 0.29) is 0 Å². The van der Waals surface area contributed by atoms with E-state index in [1.807, 2.05) is 24.3 Å². The van der Waals surface area contributed by atoms with Gasteiger partial charge in [-0.15, -0.1) is 0 Å². The summed E-state index contributed by atoms with van der Waals surface area (Å²) in [5.41, 5.74) is 2.65. The number of rotatable bonds is 0. The maximum atomic E-state index is 5.84. The van der Waals surface area contributed by atoms with Gasteiger partial charge in [-0.1, -0.05) is 47.5 Å². The molecule has 14 heavy (non-hydrogen) atoms. The Kier molecular flexibility index (Phi) is 2.95. The predicted molar refractivity (Wildman–Crippen MR) is 62.4 cm³/mol. The molecule has 2 aliphatic rings. The molecular weight excluding hydrogens is 215 g/mol. The smallest absolute Gasteiger partial charge is 0.0369 e. The van der Waals surface area contributed by atoms with Crippen LogP contribution < -0.4 is 0 Å². The van der Waals surface area contributed by atoms with Gasteiger partial charge in [0.2, 0.25) is 0 Å². The highest BCUT2D eigenvalue weighted by atomic mass is 35.5. The Hall–Kier alpha value is -0.720. The summed E-state index contributed by atoms with van der Waals surface area (Å²) in [5.74, 6) is 0. The minimum Gasteiger partial charge on any atom is -0.0847 e. The standard InChI is InChI=1S/C12H10Cl2/c13-11-5-1-9(2-6-11)10-3-7-12(14)8-4-10/h1,3,5-8H,2,4H2. The van der Waals surface area contributed by atoms with E-state index < -0.39 is 0 Å². The van der Waals surface area contributed by atoms with Gasteiger partial charge in [0.05, 0.1) is 0 Å². The van der Waals surface area contributed by atoms with Crippen molar-refractivity contribution in [2.75, 3.05) is 0 Å². The van der Waals surface area contributed by atoms with Crippen molar-refractivity contribution < 1.29 is 0 Å². The van der Waals surface area contributed by atoms with E-state index in [1.165, 1.54) is 11.1 Å². The molecule has 0 nitrogen and oxygen atoms in total. The Morgan fingerprint density at radius 3 is 1.43 bits per heavy atom. The molecule has 0 N–H and O–H groups in total. The van der Waals surface area contributed by atoms with E-state index in [2.05, 4.69) is 12.2 Å². The number of allylic oxidation sites excluding steroid dienone is 10. The van der Waals surface area contributed by atoms with Gasteiger partial charge in [0, 0.05) is 10.1 Å². The van der Waals surface area contributed by atoms with Gasteiger partial charge in [-0.3, -0.25) is 0 Å². The third-order valence-electron chi connectivity index (χ3n) is 2.33. The van der Waals surface area contributed by atoms with Crippen LogP contribution in [0.1, 0.15) is 12.8 Å². The van der Waals surface area contributed by atoms with E-state index in [1.54, 1.807) is 0 Å². The third kappa shape index (κ3) is 2.20. The Labute approximate surface area is 93.9 Å². The van der Waals surface area contributed by atoms with E-state index in [0.29, 0.717) is 0 Å². The molecule has 0 saturated heterocycles. The number of hydrogen-bond acceptors (Lipinski definition) is 0. The second-order valence-electron chi connectivity index (χ2n) is 3.30. The van der Waals surface area contributed by atoms with Crippen molar-refractivity contribution in [3.8, 4) is 0 Å². The highest BCUT2D eigenvalue weighted by Crippen LogP contribution is 2.26. The highest BCUT2D eigenvalue weighted by molar-refractivity contribution is 6.31. The fourth-order valence-electron chi connectivity index (χ4n) is 1.52. The number of hydrogen-bond donors (Lipinski definition) is 0. The van der Waals surface area contributed by atoms with Gasteiger partial charge in [-0.2, -0.15) is 0 Å². The van der Waals surface area contributed by atoms with Crippen LogP contribution in [-0.2, 0) is 0 Å². The fourth-order valence-corrected chi connectivity index (χ4v) is 1.80. The first-order valence-electron chi connectivity index (χ1n) is 4.55. The normalized spacial score (nSPS) is 26.1. The maximum absolute atomic E-state index is 5.84. The summed E-state index contributed by atoms with van der Waals surface area (Å²) >= 11 is 11.7. The van der Waals surface area contributed by atoms with Gasteiger partial charge in [0.25, 0.3) is 0 Å². The molecule has 0 aromatic rings. The monoisotopic (exact) mass is 224 g/mol. The van der Waals surface area contributed by atoms with Crippen molar-refractivity contribution in [3.05, 3.63) is 57.7 Å². The van der Waals surface area contributed by atoms with Gasteiger partial charge in [-0.25, -0.2) is 0 Å². The summed E-state index contributed by atoms with van der Waals surface area (Å²) in [4.78, 5) is 0. The molecule has 2 aliphatic carbocycles. The summed E-state index contributed by atoms with van der Waals surface area (Å²) in [5, 5.41) is 1.64. The summed E-state index contributed by atoms with van der Waals surface area (Å²) in [6.45, 7) is 0. The van der Waals surface area contributed by atoms with E-state index in [9.17, 15) is 0 Å². The molecule has 2 heteroatoms. The lowest BCUT2D eigenvalue weighted by Crippen LogP contribution is -1.92. The molecular formula is C12H10Cl2. The van der Waals surface area contributed by atoms with Gasteiger partial charge >= 0.3 is 0 Å². The van der Waals surface area contributed by atoms with E-state index in [0.717, 1.165) is 22.9 Å². The first kappa shape index (κ1) is 9.82. The molecule has 0 amide bonds. The second kappa shape index (κ2) is 4.20. The van der Waals surface area contributed by atoms with Crippen molar-refractivity contribution in [1.82, 2.24) is 0 Å². The molecule has 0 radical (unpaired) electrons. The van der Waals surface area contributed by atoms with Crippen LogP contribution in [0.4, 0.5) is 0 Å². The van der Waals surface area contributed by atoms with Gasteiger partial charge < -0.3 is 0 Å². The topological polar surface area (TPSA) is 0 Å². The summed E-state index contributed by atoms with van der Waals surface area (Å²) in [6.07, 6.45) is 13.9. The Bertz CT molecular complexity index is 355. The first-order valence-corrected chi connectivity index (χ1v) is 5.31.